The summed E-state index contributed by atoms with van der Waals surface area (Å²) in [5.74, 6) is 0. The fourth-order valence-electron chi connectivity index (χ4n) is 1.42. The quantitative estimate of drug-likeness (QED) is 0.618. The molecule has 1 aliphatic heterocycles. The predicted molar refractivity (Wildman–Crippen MR) is 48.1 cm³/mol. The number of rotatable bonds is 3. The molecule has 70 valence electrons. The number of hydrogen-bond acceptors (Lipinski definition) is 3. The Kier molecular flexibility index (Phi) is 3.72. The molecule has 12 heavy (non-hydrogen) atoms. The predicted octanol–water partition coefficient (Wildman–Crippen LogP) is 0.256. The summed E-state index contributed by atoms with van der Waals surface area (Å²) in [6.07, 6.45) is -0.00176. The Hall–Kier alpha value is -0.380. The van der Waals surface area contributed by atoms with Crippen LogP contribution in [0.15, 0.2) is 12.2 Å². The Morgan fingerprint density at radius 1 is 1.75 bits per heavy atom. The van der Waals surface area contributed by atoms with Gasteiger partial charge in [-0.3, -0.25) is 4.90 Å². The van der Waals surface area contributed by atoms with Crippen molar-refractivity contribution in [3.05, 3.63) is 12.2 Å². The molecule has 0 aromatic carbocycles. The van der Waals surface area contributed by atoms with Gasteiger partial charge in [-0.1, -0.05) is 12.2 Å². The van der Waals surface area contributed by atoms with Crippen LogP contribution >= 0.6 is 0 Å². The largest absolute Gasteiger partial charge is 0.394 e. The van der Waals surface area contributed by atoms with E-state index in [2.05, 4.69) is 11.5 Å². The number of nitrogens with zero attached hydrogens (tertiary/aromatic N) is 1. The van der Waals surface area contributed by atoms with Gasteiger partial charge in [-0.25, -0.2) is 0 Å². The molecule has 0 aromatic heterocycles. The Bertz CT molecular complexity index is 159. The van der Waals surface area contributed by atoms with Gasteiger partial charge >= 0.3 is 0 Å². The molecule has 1 fully saturated rings. The third-order valence-corrected chi connectivity index (χ3v) is 1.92. The van der Waals surface area contributed by atoms with E-state index < -0.39 is 0 Å². The van der Waals surface area contributed by atoms with E-state index >= 15 is 0 Å². The molecule has 0 bridgehead atoms. The molecule has 1 aliphatic rings. The van der Waals surface area contributed by atoms with Crippen LogP contribution in [-0.2, 0) is 4.74 Å². The van der Waals surface area contributed by atoms with Gasteiger partial charge in [-0.2, -0.15) is 0 Å². The van der Waals surface area contributed by atoms with Gasteiger partial charge in [0.1, 0.15) is 0 Å². The second kappa shape index (κ2) is 4.60. The van der Waals surface area contributed by atoms with E-state index in [0.29, 0.717) is 0 Å². The normalized spacial score (nSPS) is 25.7. The monoisotopic (exact) mass is 171 g/mol. The Morgan fingerprint density at radius 3 is 3.08 bits per heavy atom. The fraction of sp³-hybridized carbons (Fsp3) is 0.778. The number of ether oxygens (including phenoxy) is 1. The van der Waals surface area contributed by atoms with Crippen molar-refractivity contribution in [3.63, 3.8) is 0 Å². The van der Waals surface area contributed by atoms with Crippen LogP contribution in [0.25, 0.3) is 0 Å². The summed E-state index contributed by atoms with van der Waals surface area (Å²) < 4.78 is 5.32. The molecule has 1 saturated heterocycles. The van der Waals surface area contributed by atoms with Gasteiger partial charge in [-0.15, -0.1) is 0 Å². The van der Waals surface area contributed by atoms with Crippen LogP contribution in [0.5, 0.6) is 0 Å². The molecule has 0 aromatic rings. The average Bonchev–Trinajstić information content (AvgIpc) is 2.03. The first-order valence-corrected chi connectivity index (χ1v) is 4.31. The number of aliphatic hydroxyl groups is 1. The SMILES string of the molecule is C=C(C)CN1CCOC(CO)C1. The van der Waals surface area contributed by atoms with Crippen LogP contribution in [0.3, 0.4) is 0 Å². The van der Waals surface area contributed by atoms with Crippen molar-refractivity contribution in [1.82, 2.24) is 4.90 Å². The van der Waals surface area contributed by atoms with Gasteiger partial charge < -0.3 is 9.84 Å². The topological polar surface area (TPSA) is 32.7 Å². The number of aliphatic hydroxyl groups excluding tert-OH is 1. The van der Waals surface area contributed by atoms with Gasteiger partial charge in [0.15, 0.2) is 0 Å². The number of hydrogen-bond donors (Lipinski definition) is 1. The van der Waals surface area contributed by atoms with Crippen molar-refractivity contribution in [2.24, 2.45) is 0 Å². The molecule has 1 atom stereocenters. The molecule has 0 radical (unpaired) electrons. The van der Waals surface area contributed by atoms with Crippen LogP contribution in [0, 0.1) is 0 Å². The van der Waals surface area contributed by atoms with Crippen molar-refractivity contribution in [2.45, 2.75) is 13.0 Å². The number of morpholine rings is 1. The first kappa shape index (κ1) is 9.71. The molecule has 3 nitrogen and oxygen atoms in total. The van der Waals surface area contributed by atoms with Crippen LogP contribution in [0.2, 0.25) is 0 Å². The minimum atomic E-state index is -0.00176. The van der Waals surface area contributed by atoms with Gasteiger partial charge in [0.2, 0.25) is 0 Å². The Morgan fingerprint density at radius 2 is 2.50 bits per heavy atom. The molecule has 1 heterocycles. The first-order chi connectivity index (χ1) is 5.72. The Balaban J connectivity index is 2.30. The van der Waals surface area contributed by atoms with Crippen LogP contribution < -0.4 is 0 Å². The second-order valence-electron chi connectivity index (χ2n) is 3.37. The van der Waals surface area contributed by atoms with E-state index in [1.807, 2.05) is 6.92 Å². The van der Waals surface area contributed by atoms with E-state index in [0.717, 1.165) is 31.8 Å². The molecule has 0 aliphatic carbocycles. The summed E-state index contributed by atoms with van der Waals surface area (Å²) in [6, 6.07) is 0. The van der Waals surface area contributed by atoms with E-state index in [-0.39, 0.29) is 12.7 Å². The molecular weight excluding hydrogens is 154 g/mol. The molecule has 1 N–H and O–H groups in total. The molecule has 1 unspecified atom stereocenters. The van der Waals surface area contributed by atoms with Crippen LogP contribution in [0.1, 0.15) is 6.92 Å². The summed E-state index contributed by atoms with van der Waals surface area (Å²) in [5.41, 5.74) is 1.16. The van der Waals surface area contributed by atoms with Gasteiger partial charge in [-0.05, 0) is 6.92 Å². The Labute approximate surface area is 73.6 Å². The third kappa shape index (κ3) is 2.93. The van der Waals surface area contributed by atoms with Crippen molar-refractivity contribution in [2.75, 3.05) is 32.8 Å². The van der Waals surface area contributed by atoms with Crippen LogP contribution in [0.4, 0.5) is 0 Å². The lowest BCUT2D eigenvalue weighted by molar-refractivity contribution is -0.0501. The van der Waals surface area contributed by atoms with Crippen LogP contribution in [-0.4, -0.2) is 49.0 Å². The maximum Gasteiger partial charge on any atom is 0.0932 e. The fourth-order valence-corrected chi connectivity index (χ4v) is 1.42. The average molecular weight is 171 g/mol. The highest BCUT2D eigenvalue weighted by Crippen LogP contribution is 2.05. The highest BCUT2D eigenvalue weighted by molar-refractivity contribution is 4.92. The highest BCUT2D eigenvalue weighted by Gasteiger charge is 2.18. The zero-order chi connectivity index (χ0) is 8.97. The maximum absolute atomic E-state index is 8.87. The van der Waals surface area contributed by atoms with Crippen molar-refractivity contribution < 1.29 is 9.84 Å². The molecule has 0 amide bonds. The first-order valence-electron chi connectivity index (χ1n) is 4.31. The van der Waals surface area contributed by atoms with Crippen molar-refractivity contribution in [3.8, 4) is 0 Å². The maximum atomic E-state index is 8.87. The lowest BCUT2D eigenvalue weighted by atomic mass is 10.2. The van der Waals surface area contributed by atoms with E-state index in [1.54, 1.807) is 0 Å². The minimum Gasteiger partial charge on any atom is -0.394 e. The smallest absolute Gasteiger partial charge is 0.0932 e. The van der Waals surface area contributed by atoms with E-state index in [1.165, 1.54) is 0 Å². The second-order valence-corrected chi connectivity index (χ2v) is 3.37. The highest BCUT2D eigenvalue weighted by atomic mass is 16.5. The van der Waals surface area contributed by atoms with Crippen molar-refractivity contribution in [1.29, 1.82) is 0 Å². The lowest BCUT2D eigenvalue weighted by Crippen LogP contribution is -2.44. The summed E-state index contributed by atoms with van der Waals surface area (Å²) >= 11 is 0. The molecule has 1 rings (SSSR count). The van der Waals surface area contributed by atoms with E-state index in [9.17, 15) is 0 Å². The summed E-state index contributed by atoms with van der Waals surface area (Å²) in [4.78, 5) is 2.26. The zero-order valence-electron chi connectivity index (χ0n) is 7.62. The van der Waals surface area contributed by atoms with Crippen molar-refractivity contribution >= 4 is 0 Å². The summed E-state index contributed by atoms with van der Waals surface area (Å²) in [6.45, 7) is 9.40. The third-order valence-electron chi connectivity index (χ3n) is 1.92. The van der Waals surface area contributed by atoms with E-state index in [4.69, 9.17) is 9.84 Å². The standard InChI is InChI=1S/C9H17NO2/c1-8(2)5-10-3-4-12-9(6-10)7-11/h9,11H,1,3-7H2,2H3. The van der Waals surface area contributed by atoms with Gasteiger partial charge in [0, 0.05) is 19.6 Å². The molecule has 3 heteroatoms. The summed E-state index contributed by atoms with van der Waals surface area (Å²) in [5, 5.41) is 8.87. The molecule has 0 saturated carbocycles. The lowest BCUT2D eigenvalue weighted by Gasteiger charge is -2.31. The minimum absolute atomic E-state index is 0.00176. The van der Waals surface area contributed by atoms with Gasteiger partial charge in [0.05, 0.1) is 19.3 Å². The molecule has 0 spiro atoms. The molecular formula is C9H17NO2. The zero-order valence-corrected chi connectivity index (χ0v) is 7.62. The van der Waals surface area contributed by atoms with Gasteiger partial charge in [0.25, 0.3) is 0 Å². The summed E-state index contributed by atoms with van der Waals surface area (Å²) in [7, 11) is 0.